The zero-order valence-electron chi connectivity index (χ0n) is 14.4. The molecular weight excluding hydrogens is 332 g/mol. The van der Waals surface area contributed by atoms with Crippen molar-refractivity contribution in [1.29, 1.82) is 0 Å². The van der Waals surface area contributed by atoms with Crippen LogP contribution in [0.1, 0.15) is 36.7 Å². The molecule has 2 aromatic carbocycles. The minimum Gasteiger partial charge on any atom is -0.486 e. The van der Waals surface area contributed by atoms with Crippen molar-refractivity contribution in [2.75, 3.05) is 5.84 Å². The van der Waals surface area contributed by atoms with Crippen molar-refractivity contribution in [2.24, 2.45) is 0 Å². The summed E-state index contributed by atoms with van der Waals surface area (Å²) in [7, 11) is 0. The Balaban J connectivity index is 1.57. The number of aromatic nitrogens is 3. The molecule has 3 aromatic rings. The minimum atomic E-state index is 0.289. The van der Waals surface area contributed by atoms with Crippen LogP contribution in [0.5, 0.6) is 5.75 Å². The molecule has 1 heterocycles. The highest BCUT2D eigenvalue weighted by molar-refractivity contribution is 7.98. The van der Waals surface area contributed by atoms with Gasteiger partial charge in [0.1, 0.15) is 12.4 Å². The Bertz CT molecular complexity index is 800. The molecule has 0 unspecified atom stereocenters. The van der Waals surface area contributed by atoms with Gasteiger partial charge in [0.05, 0.1) is 0 Å². The summed E-state index contributed by atoms with van der Waals surface area (Å²) < 4.78 is 7.17. The molecule has 25 heavy (non-hydrogen) atoms. The molecule has 0 radical (unpaired) electrons. The lowest BCUT2D eigenvalue weighted by Crippen LogP contribution is -2.15. The molecule has 0 saturated carbocycles. The van der Waals surface area contributed by atoms with Gasteiger partial charge in [0, 0.05) is 5.75 Å². The first kappa shape index (κ1) is 17.4. The standard InChI is InChI=1S/C19H22N4OS/c1-14(2)16-10-8-15(9-11-16)13-25-19-22-21-18(23(19)20)12-24-17-6-4-3-5-7-17/h3-11,14H,12-13,20H2,1-2H3. The smallest absolute Gasteiger partial charge is 0.210 e. The topological polar surface area (TPSA) is 66.0 Å². The van der Waals surface area contributed by atoms with Crippen molar-refractivity contribution in [1.82, 2.24) is 14.9 Å². The maximum absolute atomic E-state index is 6.09. The third kappa shape index (κ3) is 4.54. The molecule has 0 bridgehead atoms. The number of rotatable bonds is 7. The molecule has 130 valence electrons. The van der Waals surface area contributed by atoms with Gasteiger partial charge in [0.25, 0.3) is 0 Å². The number of para-hydroxylation sites is 1. The maximum Gasteiger partial charge on any atom is 0.210 e. The number of nitrogens with zero attached hydrogens (tertiary/aromatic N) is 3. The summed E-state index contributed by atoms with van der Waals surface area (Å²) >= 11 is 1.57. The van der Waals surface area contributed by atoms with E-state index in [4.69, 9.17) is 10.6 Å². The molecule has 0 aliphatic rings. The van der Waals surface area contributed by atoms with Crippen LogP contribution >= 0.6 is 11.8 Å². The van der Waals surface area contributed by atoms with Crippen molar-refractivity contribution >= 4 is 11.8 Å². The predicted molar refractivity (Wildman–Crippen MR) is 101 cm³/mol. The number of nitrogens with two attached hydrogens (primary N) is 1. The summed E-state index contributed by atoms with van der Waals surface area (Å²) in [6.45, 7) is 4.68. The van der Waals surface area contributed by atoms with Gasteiger partial charge in [-0.3, -0.25) is 0 Å². The first-order chi connectivity index (χ1) is 12.1. The molecule has 0 spiro atoms. The Morgan fingerprint density at radius 2 is 1.76 bits per heavy atom. The predicted octanol–water partition coefficient (Wildman–Crippen LogP) is 3.99. The lowest BCUT2D eigenvalue weighted by atomic mass is 10.0. The van der Waals surface area contributed by atoms with Gasteiger partial charge in [-0.05, 0) is 29.2 Å². The molecule has 0 aliphatic heterocycles. The van der Waals surface area contributed by atoms with Gasteiger partial charge in [-0.25, -0.2) is 4.68 Å². The van der Waals surface area contributed by atoms with Gasteiger partial charge in [0.2, 0.25) is 5.16 Å². The molecule has 1 aromatic heterocycles. The fourth-order valence-corrected chi connectivity index (χ4v) is 3.15. The third-order valence-corrected chi connectivity index (χ3v) is 4.87. The van der Waals surface area contributed by atoms with Crippen LogP contribution in [0.3, 0.4) is 0 Å². The van der Waals surface area contributed by atoms with Crippen molar-refractivity contribution < 1.29 is 4.74 Å². The van der Waals surface area contributed by atoms with E-state index in [1.54, 1.807) is 11.8 Å². The Kier molecular flexibility index (Phi) is 5.60. The Morgan fingerprint density at radius 1 is 1.04 bits per heavy atom. The van der Waals surface area contributed by atoms with Crippen LogP contribution in [0.15, 0.2) is 59.8 Å². The van der Waals surface area contributed by atoms with E-state index in [1.807, 2.05) is 30.3 Å². The monoisotopic (exact) mass is 354 g/mol. The van der Waals surface area contributed by atoms with Crippen LogP contribution in [0.2, 0.25) is 0 Å². The van der Waals surface area contributed by atoms with Crippen molar-refractivity contribution in [2.45, 2.75) is 37.3 Å². The average molecular weight is 354 g/mol. The highest BCUT2D eigenvalue weighted by Gasteiger charge is 2.11. The highest BCUT2D eigenvalue weighted by atomic mass is 32.2. The Labute approximate surface area is 152 Å². The quantitative estimate of drug-likeness (QED) is 0.513. The van der Waals surface area contributed by atoms with Crippen LogP contribution in [0.4, 0.5) is 0 Å². The molecule has 5 nitrogen and oxygen atoms in total. The maximum atomic E-state index is 6.09. The number of hydrogen-bond donors (Lipinski definition) is 1. The van der Waals surface area contributed by atoms with E-state index >= 15 is 0 Å². The lowest BCUT2D eigenvalue weighted by molar-refractivity contribution is 0.291. The number of hydrogen-bond acceptors (Lipinski definition) is 5. The second-order valence-electron chi connectivity index (χ2n) is 6.06. The number of nitrogen functional groups attached to an aromatic ring is 1. The Hall–Kier alpha value is -2.47. The van der Waals surface area contributed by atoms with E-state index in [0.29, 0.717) is 16.9 Å². The number of benzene rings is 2. The van der Waals surface area contributed by atoms with E-state index in [1.165, 1.54) is 15.8 Å². The van der Waals surface area contributed by atoms with Crippen molar-refractivity contribution in [3.8, 4) is 5.75 Å². The van der Waals surface area contributed by atoms with Crippen molar-refractivity contribution in [3.05, 3.63) is 71.5 Å². The van der Waals surface area contributed by atoms with E-state index in [9.17, 15) is 0 Å². The summed E-state index contributed by atoms with van der Waals surface area (Å²) in [4.78, 5) is 0. The zero-order chi connectivity index (χ0) is 17.6. The number of thioether (sulfide) groups is 1. The molecule has 6 heteroatoms. The van der Waals surface area contributed by atoms with Gasteiger partial charge in [0.15, 0.2) is 5.82 Å². The van der Waals surface area contributed by atoms with E-state index in [2.05, 4.69) is 48.3 Å². The van der Waals surface area contributed by atoms with Crippen molar-refractivity contribution in [3.63, 3.8) is 0 Å². The third-order valence-electron chi connectivity index (χ3n) is 3.86. The largest absolute Gasteiger partial charge is 0.486 e. The summed E-state index contributed by atoms with van der Waals surface area (Å²) in [6, 6.07) is 18.2. The van der Waals surface area contributed by atoms with Gasteiger partial charge >= 0.3 is 0 Å². The molecule has 0 fully saturated rings. The lowest BCUT2D eigenvalue weighted by Gasteiger charge is -2.07. The second-order valence-corrected chi connectivity index (χ2v) is 7.00. The highest BCUT2D eigenvalue weighted by Crippen LogP contribution is 2.22. The summed E-state index contributed by atoms with van der Waals surface area (Å²) in [5.74, 6) is 8.81. The van der Waals surface area contributed by atoms with Gasteiger partial charge in [-0.15, -0.1) is 10.2 Å². The van der Waals surface area contributed by atoms with Gasteiger partial charge in [-0.2, -0.15) is 0 Å². The fourth-order valence-electron chi connectivity index (χ4n) is 2.32. The average Bonchev–Trinajstić information content (AvgIpc) is 2.99. The summed E-state index contributed by atoms with van der Waals surface area (Å²) in [6.07, 6.45) is 0. The SMILES string of the molecule is CC(C)c1ccc(CSc2nnc(COc3ccccc3)n2N)cc1. The van der Waals surface area contributed by atoms with Crippen LogP contribution in [-0.2, 0) is 12.4 Å². The van der Waals surface area contributed by atoms with Crippen LogP contribution in [0, 0.1) is 0 Å². The fraction of sp³-hybridized carbons (Fsp3) is 0.263. The first-order valence-corrected chi connectivity index (χ1v) is 9.21. The Morgan fingerprint density at radius 3 is 2.44 bits per heavy atom. The molecule has 0 amide bonds. The van der Waals surface area contributed by atoms with E-state index in [-0.39, 0.29) is 6.61 Å². The second kappa shape index (κ2) is 8.07. The van der Waals surface area contributed by atoms with Gasteiger partial charge < -0.3 is 10.6 Å². The van der Waals surface area contributed by atoms with E-state index in [0.717, 1.165) is 11.5 Å². The van der Waals surface area contributed by atoms with Crippen LogP contribution in [0.25, 0.3) is 0 Å². The molecule has 0 saturated heterocycles. The zero-order valence-corrected chi connectivity index (χ0v) is 15.2. The van der Waals surface area contributed by atoms with Gasteiger partial charge in [-0.1, -0.05) is 68.1 Å². The first-order valence-electron chi connectivity index (χ1n) is 8.22. The summed E-state index contributed by atoms with van der Waals surface area (Å²) in [5.41, 5.74) is 2.58. The normalized spacial score (nSPS) is 11.0. The molecular formula is C19H22N4OS. The van der Waals surface area contributed by atoms with Crippen LogP contribution in [-0.4, -0.2) is 14.9 Å². The molecule has 3 rings (SSSR count). The minimum absolute atomic E-state index is 0.289. The molecule has 0 atom stereocenters. The summed E-state index contributed by atoms with van der Waals surface area (Å²) in [5, 5.41) is 8.96. The van der Waals surface area contributed by atoms with E-state index < -0.39 is 0 Å². The molecule has 2 N–H and O–H groups in total. The molecule has 0 aliphatic carbocycles. The number of ether oxygens (including phenoxy) is 1. The van der Waals surface area contributed by atoms with Crippen LogP contribution < -0.4 is 10.6 Å².